The summed E-state index contributed by atoms with van der Waals surface area (Å²) in [7, 11) is 1.62. The van der Waals surface area contributed by atoms with Gasteiger partial charge in [0.25, 0.3) is 0 Å². The maximum Gasteiger partial charge on any atom is 0.232 e. The quantitative estimate of drug-likeness (QED) is 0.679. The van der Waals surface area contributed by atoms with Crippen molar-refractivity contribution < 1.29 is 14.0 Å². The molecule has 0 unspecified atom stereocenters. The molecule has 5 nitrogen and oxygen atoms in total. The molecule has 1 aromatic heterocycles. The summed E-state index contributed by atoms with van der Waals surface area (Å²) < 4.78 is 16.7. The van der Waals surface area contributed by atoms with Crippen LogP contribution in [0.1, 0.15) is 32.2 Å². The number of hydrogen-bond donors (Lipinski definition) is 0. The summed E-state index contributed by atoms with van der Waals surface area (Å²) in [5.41, 5.74) is 1.73. The molecule has 5 heteroatoms. The second-order valence-corrected chi connectivity index (χ2v) is 6.81. The largest absolute Gasteiger partial charge is 0.493 e. The van der Waals surface area contributed by atoms with E-state index in [0.717, 1.165) is 11.1 Å². The van der Waals surface area contributed by atoms with Crippen LogP contribution in [0, 0.1) is 0 Å². The molecule has 3 aromatic rings. The average molecular weight is 338 g/mol. The first-order valence-corrected chi connectivity index (χ1v) is 8.16. The molecular formula is C20H22N2O3. The van der Waals surface area contributed by atoms with Gasteiger partial charge in [-0.3, -0.25) is 0 Å². The monoisotopic (exact) mass is 338 g/mol. The minimum absolute atomic E-state index is 0.186. The van der Waals surface area contributed by atoms with E-state index in [9.17, 15) is 0 Å². The molecule has 0 aliphatic carbocycles. The summed E-state index contributed by atoms with van der Waals surface area (Å²) in [6.45, 7) is 6.58. The highest BCUT2D eigenvalue weighted by molar-refractivity contribution is 5.60. The lowest BCUT2D eigenvalue weighted by Crippen LogP contribution is -2.11. The van der Waals surface area contributed by atoms with Gasteiger partial charge in [-0.05, 0) is 23.8 Å². The van der Waals surface area contributed by atoms with Crippen molar-refractivity contribution in [1.29, 1.82) is 0 Å². The minimum Gasteiger partial charge on any atom is -0.493 e. The number of hydrogen-bond acceptors (Lipinski definition) is 5. The van der Waals surface area contributed by atoms with Crippen molar-refractivity contribution in [2.45, 2.75) is 32.8 Å². The molecule has 0 N–H and O–H groups in total. The van der Waals surface area contributed by atoms with Crippen molar-refractivity contribution in [1.82, 2.24) is 10.1 Å². The van der Waals surface area contributed by atoms with Crippen LogP contribution in [0.15, 0.2) is 53.1 Å². The Morgan fingerprint density at radius 1 is 1.00 bits per heavy atom. The standard InChI is InChI=1S/C20H22N2O3/c1-20(2,3)19-21-18(22-25-19)15-10-11-16(17(12-15)23-4)24-13-14-8-6-5-7-9-14/h5-12H,13H2,1-4H3. The van der Waals surface area contributed by atoms with Crippen LogP contribution < -0.4 is 9.47 Å². The van der Waals surface area contributed by atoms with Crippen LogP contribution in [-0.4, -0.2) is 17.3 Å². The summed E-state index contributed by atoms with van der Waals surface area (Å²) in [6.07, 6.45) is 0. The normalized spacial score (nSPS) is 11.4. The predicted octanol–water partition coefficient (Wildman–Crippen LogP) is 4.62. The van der Waals surface area contributed by atoms with E-state index >= 15 is 0 Å². The van der Waals surface area contributed by atoms with Crippen molar-refractivity contribution in [3.8, 4) is 22.9 Å². The number of methoxy groups -OCH3 is 1. The Balaban J connectivity index is 1.81. The molecule has 0 fully saturated rings. The third kappa shape index (κ3) is 3.99. The fourth-order valence-electron chi connectivity index (χ4n) is 2.31. The number of nitrogens with zero attached hydrogens (tertiary/aromatic N) is 2. The first-order valence-electron chi connectivity index (χ1n) is 8.16. The smallest absolute Gasteiger partial charge is 0.232 e. The van der Waals surface area contributed by atoms with Crippen LogP contribution in [-0.2, 0) is 12.0 Å². The third-order valence-electron chi connectivity index (χ3n) is 3.73. The Labute approximate surface area is 147 Å². The molecule has 25 heavy (non-hydrogen) atoms. The summed E-state index contributed by atoms with van der Waals surface area (Å²) in [5, 5.41) is 4.07. The van der Waals surface area contributed by atoms with Gasteiger partial charge in [0.1, 0.15) is 6.61 Å². The molecule has 0 atom stereocenters. The van der Waals surface area contributed by atoms with Gasteiger partial charge in [0.05, 0.1) is 7.11 Å². The van der Waals surface area contributed by atoms with Crippen LogP contribution in [0.2, 0.25) is 0 Å². The van der Waals surface area contributed by atoms with Crippen molar-refractivity contribution in [2.24, 2.45) is 0 Å². The van der Waals surface area contributed by atoms with E-state index in [1.807, 2.05) is 69.3 Å². The zero-order valence-corrected chi connectivity index (χ0v) is 14.9. The highest BCUT2D eigenvalue weighted by Gasteiger charge is 2.22. The first kappa shape index (κ1) is 17.0. The second-order valence-electron chi connectivity index (χ2n) is 6.81. The van der Waals surface area contributed by atoms with E-state index in [4.69, 9.17) is 14.0 Å². The Hall–Kier alpha value is -2.82. The number of benzene rings is 2. The van der Waals surface area contributed by atoms with Gasteiger partial charge in [-0.15, -0.1) is 0 Å². The van der Waals surface area contributed by atoms with E-state index in [1.54, 1.807) is 7.11 Å². The van der Waals surface area contributed by atoms with Crippen LogP contribution in [0.4, 0.5) is 0 Å². The Morgan fingerprint density at radius 2 is 1.76 bits per heavy atom. The summed E-state index contributed by atoms with van der Waals surface area (Å²) >= 11 is 0. The fourth-order valence-corrected chi connectivity index (χ4v) is 2.31. The molecule has 1 heterocycles. The van der Waals surface area contributed by atoms with E-state index in [-0.39, 0.29) is 5.41 Å². The summed E-state index contributed by atoms with van der Waals surface area (Å²) in [6, 6.07) is 15.6. The van der Waals surface area contributed by atoms with Crippen LogP contribution in [0.5, 0.6) is 11.5 Å². The molecule has 0 spiro atoms. The van der Waals surface area contributed by atoms with Crippen molar-refractivity contribution in [3.63, 3.8) is 0 Å². The van der Waals surface area contributed by atoms with E-state index in [1.165, 1.54) is 0 Å². The Bertz CT molecular complexity index is 836. The van der Waals surface area contributed by atoms with Crippen LogP contribution >= 0.6 is 0 Å². The lowest BCUT2D eigenvalue weighted by molar-refractivity contribution is 0.284. The zero-order chi connectivity index (χ0) is 17.9. The van der Waals surface area contributed by atoms with Gasteiger partial charge in [0.2, 0.25) is 11.7 Å². The SMILES string of the molecule is COc1cc(-c2noc(C(C)(C)C)n2)ccc1OCc1ccccc1. The molecule has 0 bridgehead atoms. The van der Waals surface area contributed by atoms with Gasteiger partial charge in [0, 0.05) is 11.0 Å². The molecule has 2 aromatic carbocycles. The van der Waals surface area contributed by atoms with Crippen molar-refractivity contribution in [2.75, 3.05) is 7.11 Å². The molecule has 0 amide bonds. The van der Waals surface area contributed by atoms with Gasteiger partial charge < -0.3 is 14.0 Å². The summed E-state index contributed by atoms with van der Waals surface area (Å²) in [4.78, 5) is 4.48. The van der Waals surface area contributed by atoms with E-state index in [2.05, 4.69) is 10.1 Å². The van der Waals surface area contributed by atoms with Crippen LogP contribution in [0.25, 0.3) is 11.4 Å². The minimum atomic E-state index is -0.186. The first-order chi connectivity index (χ1) is 12.0. The van der Waals surface area contributed by atoms with E-state index < -0.39 is 0 Å². The maximum atomic E-state index is 5.88. The van der Waals surface area contributed by atoms with Crippen molar-refractivity contribution in [3.05, 3.63) is 60.0 Å². The zero-order valence-electron chi connectivity index (χ0n) is 14.9. The predicted molar refractivity (Wildman–Crippen MR) is 95.8 cm³/mol. The van der Waals surface area contributed by atoms with Gasteiger partial charge in [-0.2, -0.15) is 4.98 Å². The van der Waals surface area contributed by atoms with Crippen molar-refractivity contribution >= 4 is 0 Å². The summed E-state index contributed by atoms with van der Waals surface area (Å²) in [5.74, 6) is 2.45. The van der Waals surface area contributed by atoms with Gasteiger partial charge in [0.15, 0.2) is 11.5 Å². The number of aromatic nitrogens is 2. The number of rotatable bonds is 5. The highest BCUT2D eigenvalue weighted by Crippen LogP contribution is 2.33. The Morgan fingerprint density at radius 3 is 2.40 bits per heavy atom. The average Bonchev–Trinajstić information content (AvgIpc) is 3.11. The molecular weight excluding hydrogens is 316 g/mol. The third-order valence-corrected chi connectivity index (χ3v) is 3.73. The lowest BCUT2D eigenvalue weighted by atomic mass is 9.97. The molecule has 0 saturated carbocycles. The van der Waals surface area contributed by atoms with Gasteiger partial charge in [-0.25, -0.2) is 0 Å². The maximum absolute atomic E-state index is 5.88. The Kier molecular flexibility index (Phi) is 4.74. The second kappa shape index (κ2) is 6.97. The molecule has 3 rings (SSSR count). The van der Waals surface area contributed by atoms with Crippen LogP contribution in [0.3, 0.4) is 0 Å². The fraction of sp³-hybridized carbons (Fsp3) is 0.300. The topological polar surface area (TPSA) is 57.4 Å². The molecule has 0 aliphatic rings. The molecule has 0 aliphatic heterocycles. The lowest BCUT2D eigenvalue weighted by Gasteiger charge is -2.12. The van der Waals surface area contributed by atoms with Gasteiger partial charge >= 0.3 is 0 Å². The number of ether oxygens (including phenoxy) is 2. The molecule has 0 saturated heterocycles. The molecule has 130 valence electrons. The molecule has 0 radical (unpaired) electrons. The highest BCUT2D eigenvalue weighted by atomic mass is 16.5. The van der Waals surface area contributed by atoms with E-state index in [0.29, 0.717) is 29.8 Å². The van der Waals surface area contributed by atoms with Gasteiger partial charge in [-0.1, -0.05) is 56.3 Å².